The third-order valence-corrected chi connectivity index (χ3v) is 4.92. The average molecular weight is 386 g/mol. The zero-order valence-corrected chi connectivity index (χ0v) is 17.8. The van der Waals surface area contributed by atoms with E-state index < -0.39 is 0 Å². The summed E-state index contributed by atoms with van der Waals surface area (Å²) in [6, 6.07) is 9.98. The Bertz CT molecular complexity index is 551. The minimum Gasteiger partial charge on any atom is -0.352 e. The number of carbonyl (C=O) groups is 2. The summed E-state index contributed by atoms with van der Waals surface area (Å²) >= 11 is 0. The van der Waals surface area contributed by atoms with Crippen LogP contribution in [0.3, 0.4) is 0 Å². The van der Waals surface area contributed by atoms with E-state index in [-0.39, 0.29) is 5.91 Å². The average Bonchev–Trinajstić information content (AvgIpc) is 2.71. The van der Waals surface area contributed by atoms with Crippen molar-refractivity contribution in [1.29, 1.82) is 0 Å². The molecule has 0 aliphatic carbocycles. The molecule has 0 aliphatic heterocycles. The Hall–Kier alpha value is -1.90. The Morgan fingerprint density at radius 2 is 1.46 bits per heavy atom. The standard InChI is InChI=1S/C25H39NO2/c1-2-3-4-5-6-8-14-19-24(27)20-15-9-7-10-16-21-25(28)26-22-23-17-12-11-13-18-23/h6,8,11-13,17-18H,2-5,7,9-10,14-16,19-22H2,1H3,(H,26,28)/b8-6-. The number of nitrogens with one attached hydrogen (secondary N) is 1. The van der Waals surface area contributed by atoms with E-state index in [9.17, 15) is 9.59 Å². The molecule has 1 amide bonds. The van der Waals surface area contributed by atoms with Crippen LogP contribution in [0.2, 0.25) is 0 Å². The molecule has 156 valence electrons. The van der Waals surface area contributed by atoms with Gasteiger partial charge in [-0.25, -0.2) is 0 Å². The topological polar surface area (TPSA) is 46.2 Å². The molecular formula is C25H39NO2. The lowest BCUT2D eigenvalue weighted by Crippen LogP contribution is -2.22. The summed E-state index contributed by atoms with van der Waals surface area (Å²) < 4.78 is 0. The summed E-state index contributed by atoms with van der Waals surface area (Å²) in [5.41, 5.74) is 1.13. The fraction of sp³-hybridized carbons (Fsp3) is 0.600. The number of benzene rings is 1. The zero-order chi connectivity index (χ0) is 20.3. The van der Waals surface area contributed by atoms with Crippen LogP contribution in [0.25, 0.3) is 0 Å². The van der Waals surface area contributed by atoms with Crippen LogP contribution in [-0.2, 0) is 16.1 Å². The van der Waals surface area contributed by atoms with E-state index in [1.54, 1.807) is 0 Å². The fourth-order valence-electron chi connectivity index (χ4n) is 3.14. The van der Waals surface area contributed by atoms with Gasteiger partial charge < -0.3 is 5.32 Å². The Morgan fingerprint density at radius 1 is 0.786 bits per heavy atom. The van der Waals surface area contributed by atoms with Gasteiger partial charge in [0.05, 0.1) is 0 Å². The maximum atomic E-state index is 11.9. The third kappa shape index (κ3) is 14.2. The third-order valence-electron chi connectivity index (χ3n) is 4.92. The van der Waals surface area contributed by atoms with Crippen molar-refractivity contribution in [3.05, 3.63) is 48.0 Å². The minimum atomic E-state index is 0.127. The van der Waals surface area contributed by atoms with Crippen molar-refractivity contribution in [3.8, 4) is 0 Å². The normalized spacial score (nSPS) is 11.0. The number of rotatable bonds is 17. The highest BCUT2D eigenvalue weighted by atomic mass is 16.1. The van der Waals surface area contributed by atoms with Gasteiger partial charge >= 0.3 is 0 Å². The lowest BCUT2D eigenvalue weighted by molar-refractivity contribution is -0.121. The predicted molar refractivity (Wildman–Crippen MR) is 118 cm³/mol. The van der Waals surface area contributed by atoms with E-state index in [2.05, 4.69) is 24.4 Å². The van der Waals surface area contributed by atoms with Gasteiger partial charge in [0.25, 0.3) is 0 Å². The van der Waals surface area contributed by atoms with E-state index in [1.165, 1.54) is 19.3 Å². The van der Waals surface area contributed by atoms with E-state index in [0.29, 0.717) is 31.6 Å². The predicted octanol–water partition coefficient (Wildman–Crippen LogP) is 6.52. The maximum absolute atomic E-state index is 11.9. The first kappa shape index (κ1) is 24.1. The first-order valence-electron chi connectivity index (χ1n) is 11.2. The molecule has 0 saturated carbocycles. The van der Waals surface area contributed by atoms with Crippen LogP contribution in [0, 0.1) is 0 Å². The highest BCUT2D eigenvalue weighted by Gasteiger charge is 2.03. The Morgan fingerprint density at radius 3 is 2.21 bits per heavy atom. The molecule has 0 radical (unpaired) electrons. The second kappa shape index (κ2) is 17.2. The lowest BCUT2D eigenvalue weighted by Gasteiger charge is -2.05. The van der Waals surface area contributed by atoms with Crippen LogP contribution in [0.15, 0.2) is 42.5 Å². The van der Waals surface area contributed by atoms with Crippen molar-refractivity contribution >= 4 is 11.7 Å². The molecule has 1 aromatic carbocycles. The maximum Gasteiger partial charge on any atom is 0.220 e. The number of Topliss-reactive ketones (excluding diaryl/α,β-unsaturated/α-hetero) is 1. The highest BCUT2D eigenvalue weighted by molar-refractivity contribution is 5.78. The second-order valence-corrected chi connectivity index (χ2v) is 7.57. The van der Waals surface area contributed by atoms with E-state index in [1.807, 2.05) is 30.3 Å². The molecule has 3 nitrogen and oxygen atoms in total. The van der Waals surface area contributed by atoms with Crippen LogP contribution in [0.1, 0.15) is 96.0 Å². The van der Waals surface area contributed by atoms with Gasteiger partial charge in [-0.15, -0.1) is 0 Å². The van der Waals surface area contributed by atoms with Gasteiger partial charge in [0, 0.05) is 25.8 Å². The number of carbonyl (C=O) groups excluding carboxylic acids is 2. The second-order valence-electron chi connectivity index (χ2n) is 7.57. The number of ketones is 1. The van der Waals surface area contributed by atoms with Crippen LogP contribution in [-0.4, -0.2) is 11.7 Å². The van der Waals surface area contributed by atoms with Gasteiger partial charge in [0.2, 0.25) is 5.91 Å². The Kier molecular flexibility index (Phi) is 14.8. The van der Waals surface area contributed by atoms with Gasteiger partial charge in [-0.05, 0) is 37.7 Å². The number of unbranched alkanes of at least 4 members (excludes halogenated alkanes) is 7. The van der Waals surface area contributed by atoms with Crippen molar-refractivity contribution in [2.24, 2.45) is 0 Å². The van der Waals surface area contributed by atoms with E-state index in [4.69, 9.17) is 0 Å². The molecule has 0 aromatic heterocycles. The van der Waals surface area contributed by atoms with Gasteiger partial charge in [-0.3, -0.25) is 9.59 Å². The largest absolute Gasteiger partial charge is 0.352 e. The summed E-state index contributed by atoms with van der Waals surface area (Å²) in [6.07, 6.45) is 17.4. The molecule has 0 unspecified atom stereocenters. The van der Waals surface area contributed by atoms with Crippen LogP contribution >= 0.6 is 0 Å². The van der Waals surface area contributed by atoms with Crippen LogP contribution < -0.4 is 5.32 Å². The van der Waals surface area contributed by atoms with Crippen molar-refractivity contribution in [2.45, 2.75) is 96.9 Å². The minimum absolute atomic E-state index is 0.127. The molecule has 28 heavy (non-hydrogen) atoms. The number of hydrogen-bond acceptors (Lipinski definition) is 2. The van der Waals surface area contributed by atoms with Gasteiger partial charge in [-0.1, -0.05) is 81.5 Å². The monoisotopic (exact) mass is 385 g/mol. The molecule has 0 bridgehead atoms. The summed E-state index contributed by atoms with van der Waals surface area (Å²) in [4.78, 5) is 23.7. The summed E-state index contributed by atoms with van der Waals surface area (Å²) in [6.45, 7) is 2.82. The number of allylic oxidation sites excluding steroid dienone is 2. The summed E-state index contributed by atoms with van der Waals surface area (Å²) in [7, 11) is 0. The number of amides is 1. The van der Waals surface area contributed by atoms with Crippen molar-refractivity contribution in [3.63, 3.8) is 0 Å². The molecule has 0 saturated heterocycles. The molecular weight excluding hydrogens is 346 g/mol. The highest BCUT2D eigenvalue weighted by Crippen LogP contribution is 2.10. The van der Waals surface area contributed by atoms with Crippen molar-refractivity contribution in [2.75, 3.05) is 0 Å². The van der Waals surface area contributed by atoms with Crippen molar-refractivity contribution in [1.82, 2.24) is 5.32 Å². The van der Waals surface area contributed by atoms with E-state index in [0.717, 1.165) is 50.5 Å². The first-order valence-corrected chi connectivity index (χ1v) is 11.2. The summed E-state index contributed by atoms with van der Waals surface area (Å²) in [5, 5.41) is 2.97. The van der Waals surface area contributed by atoms with Crippen LogP contribution in [0.4, 0.5) is 0 Å². The Labute approximate surface area is 172 Å². The molecule has 0 fully saturated rings. The molecule has 0 spiro atoms. The van der Waals surface area contributed by atoms with Gasteiger partial charge in [-0.2, -0.15) is 0 Å². The first-order chi connectivity index (χ1) is 13.7. The molecule has 1 rings (SSSR count). The Balaban J connectivity index is 1.88. The zero-order valence-electron chi connectivity index (χ0n) is 17.8. The molecule has 0 atom stereocenters. The fourth-order valence-corrected chi connectivity index (χ4v) is 3.14. The van der Waals surface area contributed by atoms with Crippen LogP contribution in [0.5, 0.6) is 0 Å². The summed E-state index contributed by atoms with van der Waals surface area (Å²) in [5.74, 6) is 0.514. The van der Waals surface area contributed by atoms with Gasteiger partial charge in [0.1, 0.15) is 5.78 Å². The molecule has 1 N–H and O–H groups in total. The molecule has 1 aromatic rings. The lowest BCUT2D eigenvalue weighted by atomic mass is 10.0. The molecule has 3 heteroatoms. The smallest absolute Gasteiger partial charge is 0.220 e. The SMILES string of the molecule is CCCCC/C=C\CCC(=O)CCCCCCCC(=O)NCc1ccccc1. The number of hydrogen-bond donors (Lipinski definition) is 1. The van der Waals surface area contributed by atoms with Gasteiger partial charge in [0.15, 0.2) is 0 Å². The van der Waals surface area contributed by atoms with Crippen molar-refractivity contribution < 1.29 is 9.59 Å². The van der Waals surface area contributed by atoms with E-state index >= 15 is 0 Å². The quantitative estimate of drug-likeness (QED) is 0.245. The molecule has 0 aliphatic rings. The molecule has 0 heterocycles.